The highest BCUT2D eigenvalue weighted by Crippen LogP contribution is 2.17. The molecule has 0 saturated carbocycles. The normalized spacial score (nSPS) is 11.2. The van der Waals surface area contributed by atoms with Gasteiger partial charge in [-0.1, -0.05) is 0 Å². The average molecular weight is 251 g/mol. The number of likely N-dealkylation sites (N-methyl/N-ethyl adjacent to an activating group) is 1. The van der Waals surface area contributed by atoms with Crippen molar-refractivity contribution in [1.29, 1.82) is 0 Å². The summed E-state index contributed by atoms with van der Waals surface area (Å²) in [6.45, 7) is 6.35. The molecule has 0 atom stereocenters. The monoisotopic (exact) mass is 251 g/mol. The van der Waals surface area contributed by atoms with Crippen LogP contribution < -0.4 is 0 Å². The van der Waals surface area contributed by atoms with Crippen molar-refractivity contribution in [3.8, 4) is 0 Å². The number of aliphatic carboxylic acids is 1. The second-order valence-corrected chi connectivity index (χ2v) is 4.71. The van der Waals surface area contributed by atoms with E-state index in [1.165, 1.54) is 25.8 Å². The van der Waals surface area contributed by atoms with Gasteiger partial charge >= 0.3 is 5.97 Å². The fraction of sp³-hybridized carbons (Fsp3) is 0.500. The van der Waals surface area contributed by atoms with Crippen molar-refractivity contribution in [3.05, 3.63) is 23.0 Å². The summed E-state index contributed by atoms with van der Waals surface area (Å²) in [6, 6.07) is 1.61. The van der Waals surface area contributed by atoms with Crippen molar-refractivity contribution >= 4 is 11.9 Å². The number of amides is 1. The third kappa shape index (κ3) is 2.47. The number of nitrogens with zero attached hydrogens (tertiary/aromatic N) is 3. The van der Waals surface area contributed by atoms with Crippen molar-refractivity contribution in [3.63, 3.8) is 0 Å². The maximum atomic E-state index is 12.3. The van der Waals surface area contributed by atoms with E-state index in [-0.39, 0.29) is 5.91 Å². The van der Waals surface area contributed by atoms with Gasteiger partial charge in [-0.3, -0.25) is 4.79 Å². The number of hydrogen-bond acceptors (Lipinski definition) is 4. The number of rotatable bonds is 3. The van der Waals surface area contributed by atoms with Crippen molar-refractivity contribution < 1.29 is 14.7 Å². The molecule has 0 fully saturated rings. The Morgan fingerprint density at radius 1 is 1.28 bits per heavy atom. The van der Waals surface area contributed by atoms with Gasteiger partial charge in [-0.05, 0) is 33.8 Å². The molecule has 18 heavy (non-hydrogen) atoms. The molecule has 1 N–H and O–H groups in total. The minimum absolute atomic E-state index is 0.374. The standard InChI is InChI=1S/C12H17N3O3/c1-7-6-9(8(2)14-13-7)10(16)15(5)12(3,4)11(17)18/h6H,1-5H3,(H,17,18). The van der Waals surface area contributed by atoms with E-state index in [4.69, 9.17) is 5.11 Å². The highest BCUT2D eigenvalue weighted by molar-refractivity contribution is 5.98. The lowest BCUT2D eigenvalue weighted by atomic mass is 10.0. The quantitative estimate of drug-likeness (QED) is 0.867. The van der Waals surface area contributed by atoms with Crippen molar-refractivity contribution in [2.75, 3.05) is 7.05 Å². The second-order valence-electron chi connectivity index (χ2n) is 4.71. The van der Waals surface area contributed by atoms with E-state index in [1.807, 2.05) is 0 Å². The van der Waals surface area contributed by atoms with Gasteiger partial charge in [-0.25, -0.2) is 4.79 Å². The second kappa shape index (κ2) is 4.72. The number of carbonyl (C=O) groups excluding carboxylic acids is 1. The maximum Gasteiger partial charge on any atom is 0.329 e. The fourth-order valence-corrected chi connectivity index (χ4v) is 1.34. The lowest BCUT2D eigenvalue weighted by Gasteiger charge is -2.31. The van der Waals surface area contributed by atoms with Gasteiger partial charge < -0.3 is 10.0 Å². The highest BCUT2D eigenvalue weighted by atomic mass is 16.4. The van der Waals surface area contributed by atoms with Crippen LogP contribution in [0.3, 0.4) is 0 Å². The Morgan fingerprint density at radius 2 is 1.83 bits per heavy atom. The van der Waals surface area contributed by atoms with Crippen LogP contribution in [0.25, 0.3) is 0 Å². The van der Waals surface area contributed by atoms with Crippen LogP contribution >= 0.6 is 0 Å². The number of hydrogen-bond donors (Lipinski definition) is 1. The zero-order chi connectivity index (χ0) is 14.1. The average Bonchev–Trinajstić information content (AvgIpc) is 2.30. The summed E-state index contributed by atoms with van der Waals surface area (Å²) in [5.41, 5.74) is 0.198. The van der Waals surface area contributed by atoms with Gasteiger partial charge in [0.15, 0.2) is 0 Å². The molecule has 0 aliphatic heterocycles. The van der Waals surface area contributed by atoms with Crippen LogP contribution in [0.15, 0.2) is 6.07 Å². The first-order valence-corrected chi connectivity index (χ1v) is 5.50. The molecule has 0 unspecified atom stereocenters. The fourth-order valence-electron chi connectivity index (χ4n) is 1.34. The van der Waals surface area contributed by atoms with E-state index < -0.39 is 11.5 Å². The van der Waals surface area contributed by atoms with Gasteiger partial charge in [0.2, 0.25) is 0 Å². The zero-order valence-electron chi connectivity index (χ0n) is 11.2. The van der Waals surface area contributed by atoms with E-state index in [9.17, 15) is 9.59 Å². The molecular formula is C12H17N3O3. The van der Waals surface area contributed by atoms with E-state index in [0.717, 1.165) is 0 Å². The summed E-state index contributed by atoms with van der Waals surface area (Å²) in [4.78, 5) is 24.6. The molecule has 0 saturated heterocycles. The molecule has 1 rings (SSSR count). The zero-order valence-corrected chi connectivity index (χ0v) is 11.2. The number of carboxylic acids is 1. The van der Waals surface area contributed by atoms with Crippen molar-refractivity contribution in [2.45, 2.75) is 33.2 Å². The summed E-state index contributed by atoms with van der Waals surface area (Å²) in [6.07, 6.45) is 0. The molecule has 0 bridgehead atoms. The molecule has 0 spiro atoms. The Kier molecular flexibility index (Phi) is 3.69. The summed E-state index contributed by atoms with van der Waals surface area (Å²) in [5.74, 6) is -1.44. The van der Waals surface area contributed by atoms with E-state index in [0.29, 0.717) is 17.0 Å². The third-order valence-electron chi connectivity index (χ3n) is 3.00. The molecule has 1 aromatic rings. The SMILES string of the molecule is Cc1cc(C(=O)N(C)C(C)(C)C(=O)O)c(C)nn1. The van der Waals surface area contributed by atoms with Crippen LogP contribution in [-0.2, 0) is 4.79 Å². The van der Waals surface area contributed by atoms with Gasteiger partial charge in [0.25, 0.3) is 5.91 Å². The maximum absolute atomic E-state index is 12.3. The molecular weight excluding hydrogens is 234 g/mol. The lowest BCUT2D eigenvalue weighted by Crippen LogP contribution is -2.51. The molecule has 98 valence electrons. The van der Waals surface area contributed by atoms with Crippen LogP contribution in [0.4, 0.5) is 0 Å². The van der Waals surface area contributed by atoms with Crippen LogP contribution in [0.2, 0.25) is 0 Å². The van der Waals surface area contributed by atoms with Gasteiger partial charge in [0.05, 0.1) is 17.0 Å². The summed E-state index contributed by atoms with van der Waals surface area (Å²) in [7, 11) is 1.46. The molecule has 0 aliphatic carbocycles. The minimum atomic E-state index is -1.28. The van der Waals surface area contributed by atoms with E-state index >= 15 is 0 Å². The molecule has 6 nitrogen and oxygen atoms in total. The molecule has 0 aliphatic rings. The van der Waals surface area contributed by atoms with Gasteiger partial charge in [-0.2, -0.15) is 10.2 Å². The molecule has 1 aromatic heterocycles. The Bertz CT molecular complexity index is 497. The number of aryl methyl sites for hydroxylation is 2. The Labute approximate surface area is 106 Å². The summed E-state index contributed by atoms with van der Waals surface area (Å²) in [5, 5.41) is 16.8. The highest BCUT2D eigenvalue weighted by Gasteiger charge is 2.36. The minimum Gasteiger partial charge on any atom is -0.480 e. The smallest absolute Gasteiger partial charge is 0.329 e. The van der Waals surface area contributed by atoms with Gasteiger partial charge in [0.1, 0.15) is 5.54 Å². The van der Waals surface area contributed by atoms with Gasteiger partial charge in [-0.15, -0.1) is 0 Å². The van der Waals surface area contributed by atoms with Crippen LogP contribution in [0.1, 0.15) is 35.6 Å². The first kappa shape index (κ1) is 14.1. The Morgan fingerprint density at radius 3 is 2.33 bits per heavy atom. The van der Waals surface area contributed by atoms with Crippen LogP contribution in [0.5, 0.6) is 0 Å². The molecule has 1 heterocycles. The molecule has 0 radical (unpaired) electrons. The van der Waals surface area contributed by atoms with Crippen LogP contribution in [-0.4, -0.2) is 44.7 Å². The first-order chi connectivity index (χ1) is 8.17. The molecule has 0 aromatic carbocycles. The largest absolute Gasteiger partial charge is 0.480 e. The van der Waals surface area contributed by atoms with Crippen molar-refractivity contribution in [2.24, 2.45) is 0 Å². The van der Waals surface area contributed by atoms with Crippen molar-refractivity contribution in [1.82, 2.24) is 15.1 Å². The Hall–Kier alpha value is -1.98. The van der Waals surface area contributed by atoms with Gasteiger partial charge in [0, 0.05) is 7.05 Å². The Balaban J connectivity index is 3.15. The predicted molar refractivity (Wildman–Crippen MR) is 65.3 cm³/mol. The van der Waals surface area contributed by atoms with E-state index in [2.05, 4.69) is 10.2 Å². The number of carboxylic acid groups (broad SMARTS) is 1. The predicted octanol–water partition coefficient (Wildman–Crippen LogP) is 1.03. The first-order valence-electron chi connectivity index (χ1n) is 5.50. The number of carbonyl (C=O) groups is 2. The number of aromatic nitrogens is 2. The molecule has 6 heteroatoms. The molecule has 1 amide bonds. The topological polar surface area (TPSA) is 83.4 Å². The summed E-state index contributed by atoms with van der Waals surface area (Å²) < 4.78 is 0. The third-order valence-corrected chi connectivity index (χ3v) is 3.00. The van der Waals surface area contributed by atoms with Crippen LogP contribution in [0, 0.1) is 13.8 Å². The summed E-state index contributed by atoms with van der Waals surface area (Å²) >= 11 is 0. The van der Waals surface area contributed by atoms with E-state index in [1.54, 1.807) is 19.9 Å². The lowest BCUT2D eigenvalue weighted by molar-refractivity contribution is -0.147.